The van der Waals surface area contributed by atoms with E-state index < -0.39 is 12.2 Å². The largest absolute Gasteiger partial charge is 0.505 e. The van der Waals surface area contributed by atoms with Gasteiger partial charge in [-0.25, -0.2) is 0 Å². The summed E-state index contributed by atoms with van der Waals surface area (Å²) < 4.78 is 16.8. The van der Waals surface area contributed by atoms with Gasteiger partial charge in [-0.1, -0.05) is 132 Å². The van der Waals surface area contributed by atoms with Gasteiger partial charge in [0.1, 0.15) is 11.5 Å². The van der Waals surface area contributed by atoms with Crippen LogP contribution in [0.4, 0.5) is 0 Å². The van der Waals surface area contributed by atoms with Gasteiger partial charge in [0.25, 0.3) is 0 Å². The fourth-order valence-electron chi connectivity index (χ4n) is 9.44. The molecule has 334 valence electrons. The number of ether oxygens (including phenoxy) is 2. The van der Waals surface area contributed by atoms with Crippen molar-refractivity contribution in [2.45, 2.75) is 130 Å². The predicted octanol–water partition coefficient (Wildman–Crippen LogP) is 14.3. The lowest BCUT2D eigenvalue weighted by Gasteiger charge is -2.26. The van der Waals surface area contributed by atoms with Crippen molar-refractivity contribution in [2.75, 3.05) is 14.2 Å². The number of phenolic OH excluding ortho intramolecular Hbond substituents is 2. The summed E-state index contributed by atoms with van der Waals surface area (Å²) in [6.07, 6.45) is -0.0756. The van der Waals surface area contributed by atoms with E-state index in [0.29, 0.717) is 24.2 Å². The third-order valence-electron chi connectivity index (χ3n) is 13.5. The molecule has 0 amide bonds. The highest BCUT2D eigenvalue weighted by atomic mass is 16.5. The van der Waals surface area contributed by atoms with Gasteiger partial charge in [0.15, 0.2) is 0 Å². The number of aromatic nitrogens is 2. The Bertz CT molecular complexity index is 2700. The molecular formula is C58H68N2O4. The van der Waals surface area contributed by atoms with Crippen LogP contribution in [0.15, 0.2) is 109 Å². The highest BCUT2D eigenvalue weighted by molar-refractivity contribution is 6.11. The Kier molecular flexibility index (Phi) is 11.4. The summed E-state index contributed by atoms with van der Waals surface area (Å²) in [7, 11) is 3.38. The Labute approximate surface area is 380 Å². The van der Waals surface area contributed by atoms with E-state index in [1.165, 1.54) is 43.8 Å². The molecule has 8 rings (SSSR count). The molecule has 0 aliphatic rings. The monoisotopic (exact) mass is 857 g/mol. The van der Waals surface area contributed by atoms with E-state index in [4.69, 9.17) is 9.47 Å². The molecule has 0 aliphatic heterocycles. The SMILES string of the molecule is CO[C@H](Cc1cccc(-n2c3ccc(C(C)(C)C)cc3c3cc(C(C)(C)C)ccc32)c1O)[C@@H](Cc1cccc(-n2c3ccc(C(C)(C)C)cc3c3cc(C(C)(C)C)ccc32)c1O)OC. The van der Waals surface area contributed by atoms with E-state index in [2.05, 4.69) is 165 Å². The van der Waals surface area contributed by atoms with Gasteiger partial charge in [-0.3, -0.25) is 0 Å². The lowest BCUT2D eigenvalue weighted by Crippen LogP contribution is -2.34. The summed E-state index contributed by atoms with van der Waals surface area (Å²) >= 11 is 0. The highest BCUT2D eigenvalue weighted by Gasteiger charge is 2.28. The van der Waals surface area contributed by atoms with Gasteiger partial charge in [0, 0.05) is 48.6 Å². The molecule has 2 aromatic heterocycles. The number of phenols is 2. The van der Waals surface area contributed by atoms with E-state index in [-0.39, 0.29) is 33.2 Å². The molecule has 64 heavy (non-hydrogen) atoms. The first-order valence-electron chi connectivity index (χ1n) is 22.9. The number of benzene rings is 6. The number of hydrogen-bond donors (Lipinski definition) is 2. The van der Waals surface area contributed by atoms with Crippen LogP contribution in [0.1, 0.15) is 116 Å². The van der Waals surface area contributed by atoms with E-state index in [1.807, 2.05) is 36.4 Å². The lowest BCUT2D eigenvalue weighted by atomic mass is 9.85. The third-order valence-corrected chi connectivity index (χ3v) is 13.5. The molecule has 2 atom stereocenters. The van der Waals surface area contributed by atoms with Gasteiger partial charge in [-0.05, 0) is 116 Å². The maximum atomic E-state index is 12.3. The minimum Gasteiger partial charge on any atom is -0.505 e. The zero-order valence-electron chi connectivity index (χ0n) is 40.6. The lowest BCUT2D eigenvalue weighted by molar-refractivity contribution is -0.0350. The Morgan fingerprint density at radius 1 is 0.406 bits per heavy atom. The first-order valence-corrected chi connectivity index (χ1v) is 22.9. The number of methoxy groups -OCH3 is 2. The maximum absolute atomic E-state index is 12.3. The van der Waals surface area contributed by atoms with Crippen LogP contribution < -0.4 is 0 Å². The second-order valence-corrected chi connectivity index (χ2v) is 22.1. The number of aromatic hydroxyl groups is 2. The van der Waals surface area contributed by atoms with Crippen LogP contribution in [0.2, 0.25) is 0 Å². The predicted molar refractivity (Wildman–Crippen MR) is 269 cm³/mol. The van der Waals surface area contributed by atoms with E-state index in [1.54, 1.807) is 14.2 Å². The second kappa shape index (κ2) is 16.2. The van der Waals surface area contributed by atoms with Gasteiger partial charge in [0.2, 0.25) is 0 Å². The third kappa shape index (κ3) is 8.09. The Morgan fingerprint density at radius 3 is 0.906 bits per heavy atom. The standard InChI is InChI=1S/C58H68N2O4/c1-55(2,3)37-21-25-45-41(31-37)42-32-38(56(4,5)6)22-26-46(42)59(45)49-19-15-17-35(53(49)61)29-51(63-13)52(64-14)30-36-18-16-20-50(54(36)62)60-47-27-23-39(57(7,8)9)33-43(47)44-34-40(58(10,11)12)24-28-48(44)60/h15-28,31-34,51-52,61-62H,29-30H2,1-14H3/t51-,52-/m1/s1. The number of nitrogens with zero attached hydrogens (tertiary/aromatic N) is 2. The van der Waals surface area contributed by atoms with Crippen LogP contribution in [-0.4, -0.2) is 45.8 Å². The molecular weight excluding hydrogens is 789 g/mol. The van der Waals surface area contributed by atoms with Crippen LogP contribution in [0.5, 0.6) is 11.5 Å². The summed E-state index contributed by atoms with van der Waals surface area (Å²) in [5, 5.41) is 29.2. The quantitative estimate of drug-likeness (QED) is 0.152. The van der Waals surface area contributed by atoms with Crippen LogP contribution in [-0.2, 0) is 44.0 Å². The molecule has 0 saturated heterocycles. The van der Waals surface area contributed by atoms with Gasteiger partial charge in [0.05, 0.1) is 45.6 Å². The number of fused-ring (bicyclic) bond motifs is 6. The fraction of sp³-hybridized carbons (Fsp3) is 0.379. The zero-order chi connectivity index (χ0) is 46.3. The Morgan fingerprint density at radius 2 is 0.672 bits per heavy atom. The van der Waals surface area contributed by atoms with Crippen LogP contribution in [0, 0.1) is 0 Å². The molecule has 0 saturated carbocycles. The van der Waals surface area contributed by atoms with Crippen molar-refractivity contribution < 1.29 is 19.7 Å². The molecule has 2 N–H and O–H groups in total. The summed E-state index contributed by atoms with van der Waals surface area (Å²) in [5.74, 6) is 0.414. The summed E-state index contributed by atoms with van der Waals surface area (Å²) in [5.41, 5.74) is 12.1. The van der Waals surface area contributed by atoms with Crippen molar-refractivity contribution in [3.8, 4) is 22.9 Å². The van der Waals surface area contributed by atoms with Crippen LogP contribution >= 0.6 is 0 Å². The molecule has 2 heterocycles. The normalized spacial score (nSPS) is 14.0. The van der Waals surface area contributed by atoms with Gasteiger partial charge in [-0.15, -0.1) is 0 Å². The first kappa shape index (κ1) is 45.0. The molecule has 6 heteroatoms. The molecule has 0 bridgehead atoms. The topological polar surface area (TPSA) is 68.8 Å². The van der Waals surface area contributed by atoms with Crippen molar-refractivity contribution in [3.05, 3.63) is 143 Å². The highest BCUT2D eigenvalue weighted by Crippen LogP contribution is 2.43. The summed E-state index contributed by atoms with van der Waals surface area (Å²) in [6, 6.07) is 38.9. The average Bonchev–Trinajstić information content (AvgIpc) is 3.73. The van der Waals surface area contributed by atoms with Crippen molar-refractivity contribution in [1.29, 1.82) is 0 Å². The molecule has 6 nitrogen and oxygen atoms in total. The van der Waals surface area contributed by atoms with Crippen LogP contribution in [0.25, 0.3) is 55.0 Å². The van der Waals surface area contributed by atoms with Crippen LogP contribution in [0.3, 0.4) is 0 Å². The summed E-state index contributed by atoms with van der Waals surface area (Å²) in [6.45, 7) is 27.0. The van der Waals surface area contributed by atoms with Gasteiger partial charge >= 0.3 is 0 Å². The fourth-order valence-corrected chi connectivity index (χ4v) is 9.44. The first-order chi connectivity index (χ1) is 30.0. The van der Waals surface area contributed by atoms with Gasteiger partial charge in [-0.2, -0.15) is 0 Å². The van der Waals surface area contributed by atoms with Crippen molar-refractivity contribution in [2.24, 2.45) is 0 Å². The van der Waals surface area contributed by atoms with Gasteiger partial charge < -0.3 is 28.8 Å². The van der Waals surface area contributed by atoms with E-state index in [9.17, 15) is 10.2 Å². The Balaban J connectivity index is 1.16. The average molecular weight is 857 g/mol. The van der Waals surface area contributed by atoms with E-state index in [0.717, 1.165) is 33.2 Å². The maximum Gasteiger partial charge on any atom is 0.142 e. The van der Waals surface area contributed by atoms with Crippen molar-refractivity contribution >= 4 is 43.6 Å². The van der Waals surface area contributed by atoms with E-state index >= 15 is 0 Å². The molecule has 6 aromatic carbocycles. The summed E-state index contributed by atoms with van der Waals surface area (Å²) in [4.78, 5) is 0. The molecule has 0 radical (unpaired) electrons. The smallest absolute Gasteiger partial charge is 0.142 e. The number of para-hydroxylation sites is 2. The van der Waals surface area contributed by atoms with Crippen molar-refractivity contribution in [3.63, 3.8) is 0 Å². The molecule has 8 aromatic rings. The zero-order valence-corrected chi connectivity index (χ0v) is 40.6. The molecule has 0 aliphatic carbocycles. The number of rotatable bonds is 9. The molecule has 0 unspecified atom stereocenters. The Hall–Kier alpha value is -5.56. The minimum atomic E-state index is -0.434. The molecule has 0 fully saturated rings. The molecule has 0 spiro atoms. The second-order valence-electron chi connectivity index (χ2n) is 22.1. The minimum absolute atomic E-state index is 0.0184. The van der Waals surface area contributed by atoms with Crippen molar-refractivity contribution in [1.82, 2.24) is 9.13 Å². The number of hydrogen-bond acceptors (Lipinski definition) is 4.